The van der Waals surface area contributed by atoms with Crippen molar-refractivity contribution < 1.29 is 9.53 Å². The first-order valence-corrected chi connectivity index (χ1v) is 6.22. The number of hydrogen-bond acceptors (Lipinski definition) is 2. The molecule has 0 aliphatic rings. The third-order valence-corrected chi connectivity index (χ3v) is 2.54. The summed E-state index contributed by atoms with van der Waals surface area (Å²) >= 11 is 3.38. The molecule has 0 heterocycles. The Balaban J connectivity index is 3.42. The summed E-state index contributed by atoms with van der Waals surface area (Å²) < 4.78 is 5.05. The second-order valence-electron chi connectivity index (χ2n) is 3.20. The van der Waals surface area contributed by atoms with Crippen molar-refractivity contribution >= 4 is 21.8 Å². The molecule has 84 valence electrons. The van der Waals surface area contributed by atoms with Crippen LogP contribution in [0.5, 0.6) is 0 Å². The fourth-order valence-electron chi connectivity index (χ4n) is 1.04. The Hall–Kier alpha value is -0.0900. The van der Waals surface area contributed by atoms with Gasteiger partial charge in [0, 0.05) is 25.5 Å². The van der Waals surface area contributed by atoms with Crippen LogP contribution in [0.2, 0.25) is 0 Å². The van der Waals surface area contributed by atoms with Crippen LogP contribution in [0.4, 0.5) is 0 Å². The zero-order chi connectivity index (χ0) is 10.8. The molecule has 0 spiro atoms. The number of hydrogen-bond donors (Lipinski definition) is 0. The molecule has 0 aromatic heterocycles. The molecule has 1 amide bonds. The normalized spacial score (nSPS) is 10.2. The van der Waals surface area contributed by atoms with Crippen molar-refractivity contribution in [1.29, 1.82) is 0 Å². The van der Waals surface area contributed by atoms with E-state index in [9.17, 15) is 4.79 Å². The number of nitrogens with zero attached hydrogens (tertiary/aromatic N) is 1. The maximum absolute atomic E-state index is 11.4. The summed E-state index contributed by atoms with van der Waals surface area (Å²) in [5.41, 5.74) is 0. The van der Waals surface area contributed by atoms with E-state index in [0.717, 1.165) is 24.7 Å². The van der Waals surface area contributed by atoms with E-state index in [1.165, 1.54) is 6.42 Å². The topological polar surface area (TPSA) is 29.5 Å². The largest absolute Gasteiger partial charge is 0.372 e. The van der Waals surface area contributed by atoms with Crippen LogP contribution < -0.4 is 0 Å². The zero-order valence-electron chi connectivity index (χ0n) is 9.09. The lowest BCUT2D eigenvalue weighted by Crippen LogP contribution is -2.31. The lowest BCUT2D eigenvalue weighted by molar-refractivity contribution is -0.134. The fraction of sp³-hybridized carbons (Fsp3) is 0.900. The Morgan fingerprint density at radius 2 is 2.07 bits per heavy atom. The first kappa shape index (κ1) is 13.9. The summed E-state index contributed by atoms with van der Waals surface area (Å²) in [6.07, 6.45) is 3.41. The van der Waals surface area contributed by atoms with Crippen LogP contribution in [0, 0.1) is 0 Å². The SMILES string of the molecule is CCOCC(=O)N(C)CCCCCBr. The Labute approximate surface area is 94.9 Å². The Morgan fingerprint density at radius 1 is 1.36 bits per heavy atom. The van der Waals surface area contributed by atoms with Gasteiger partial charge in [0.15, 0.2) is 0 Å². The number of carbonyl (C=O) groups is 1. The van der Waals surface area contributed by atoms with Crippen molar-refractivity contribution in [2.45, 2.75) is 26.2 Å². The molecule has 0 saturated carbocycles. The predicted octanol–water partition coefficient (Wildman–Crippen LogP) is 2.05. The maximum Gasteiger partial charge on any atom is 0.248 e. The number of rotatable bonds is 8. The summed E-state index contributed by atoms with van der Waals surface area (Å²) in [6.45, 7) is 3.54. The molecule has 0 fully saturated rings. The smallest absolute Gasteiger partial charge is 0.248 e. The van der Waals surface area contributed by atoms with Gasteiger partial charge in [0.1, 0.15) is 6.61 Å². The minimum atomic E-state index is 0.0747. The molecule has 0 bridgehead atoms. The van der Waals surface area contributed by atoms with Gasteiger partial charge >= 0.3 is 0 Å². The predicted molar refractivity (Wildman–Crippen MR) is 61.8 cm³/mol. The Kier molecular flexibility index (Phi) is 9.40. The van der Waals surface area contributed by atoms with Crippen molar-refractivity contribution in [1.82, 2.24) is 4.90 Å². The molecule has 0 aromatic carbocycles. The highest BCUT2D eigenvalue weighted by molar-refractivity contribution is 9.09. The quantitative estimate of drug-likeness (QED) is 0.497. The van der Waals surface area contributed by atoms with E-state index in [2.05, 4.69) is 15.9 Å². The zero-order valence-corrected chi connectivity index (χ0v) is 10.7. The van der Waals surface area contributed by atoms with Crippen molar-refractivity contribution in [2.75, 3.05) is 32.1 Å². The van der Waals surface area contributed by atoms with Gasteiger partial charge in [0.25, 0.3) is 0 Å². The van der Waals surface area contributed by atoms with Crippen molar-refractivity contribution in [3.63, 3.8) is 0 Å². The molecule has 0 unspecified atom stereocenters. The van der Waals surface area contributed by atoms with E-state index >= 15 is 0 Å². The van der Waals surface area contributed by atoms with Crippen LogP contribution in [-0.4, -0.2) is 42.9 Å². The summed E-state index contributed by atoms with van der Waals surface area (Å²) in [4.78, 5) is 13.1. The van der Waals surface area contributed by atoms with E-state index in [0.29, 0.717) is 6.61 Å². The molecule has 0 rings (SSSR count). The van der Waals surface area contributed by atoms with Gasteiger partial charge in [0.2, 0.25) is 5.91 Å². The monoisotopic (exact) mass is 265 g/mol. The van der Waals surface area contributed by atoms with Crippen molar-refractivity contribution in [2.24, 2.45) is 0 Å². The van der Waals surface area contributed by atoms with E-state index in [1.807, 2.05) is 14.0 Å². The van der Waals surface area contributed by atoms with Gasteiger partial charge in [-0.2, -0.15) is 0 Å². The van der Waals surface area contributed by atoms with E-state index in [4.69, 9.17) is 4.74 Å². The molecule has 0 aliphatic heterocycles. The van der Waals surface area contributed by atoms with Gasteiger partial charge in [-0.05, 0) is 19.8 Å². The number of alkyl halides is 1. The molecular weight excluding hydrogens is 246 g/mol. The van der Waals surface area contributed by atoms with Crippen molar-refractivity contribution in [3.05, 3.63) is 0 Å². The van der Waals surface area contributed by atoms with Crippen LogP contribution in [0.1, 0.15) is 26.2 Å². The van der Waals surface area contributed by atoms with Crippen LogP contribution in [0.25, 0.3) is 0 Å². The second-order valence-corrected chi connectivity index (χ2v) is 4.00. The molecule has 0 radical (unpaired) electrons. The average Bonchev–Trinajstić information content (AvgIpc) is 2.20. The highest BCUT2D eigenvalue weighted by Gasteiger charge is 2.06. The molecular formula is C10H20BrNO2. The van der Waals surface area contributed by atoms with E-state index < -0.39 is 0 Å². The minimum Gasteiger partial charge on any atom is -0.372 e. The van der Waals surface area contributed by atoms with E-state index in [-0.39, 0.29) is 12.5 Å². The number of amides is 1. The lowest BCUT2D eigenvalue weighted by atomic mass is 10.2. The molecule has 3 nitrogen and oxygen atoms in total. The van der Waals surface area contributed by atoms with Gasteiger partial charge < -0.3 is 9.64 Å². The Bertz CT molecular complexity index is 153. The molecule has 0 saturated heterocycles. The maximum atomic E-state index is 11.4. The van der Waals surface area contributed by atoms with Crippen LogP contribution >= 0.6 is 15.9 Å². The highest BCUT2D eigenvalue weighted by Crippen LogP contribution is 2.00. The van der Waals surface area contributed by atoms with Crippen LogP contribution in [0.3, 0.4) is 0 Å². The molecule has 0 atom stereocenters. The minimum absolute atomic E-state index is 0.0747. The van der Waals surface area contributed by atoms with Gasteiger partial charge in [-0.25, -0.2) is 0 Å². The van der Waals surface area contributed by atoms with Crippen LogP contribution in [-0.2, 0) is 9.53 Å². The number of unbranched alkanes of at least 4 members (excludes halogenated alkanes) is 2. The molecule has 4 heteroatoms. The number of ether oxygens (including phenoxy) is 1. The van der Waals surface area contributed by atoms with Crippen molar-refractivity contribution in [3.8, 4) is 0 Å². The number of carbonyl (C=O) groups excluding carboxylic acids is 1. The van der Waals surface area contributed by atoms with Gasteiger partial charge in [-0.15, -0.1) is 0 Å². The third kappa shape index (κ3) is 7.33. The number of likely N-dealkylation sites (N-methyl/N-ethyl adjacent to an activating group) is 1. The molecule has 0 aliphatic carbocycles. The summed E-state index contributed by atoms with van der Waals surface area (Å²) in [7, 11) is 1.83. The van der Waals surface area contributed by atoms with E-state index in [1.54, 1.807) is 4.90 Å². The van der Waals surface area contributed by atoms with Gasteiger partial charge in [-0.3, -0.25) is 4.79 Å². The number of halogens is 1. The summed E-state index contributed by atoms with van der Waals surface area (Å²) in [5.74, 6) is 0.0747. The molecule has 14 heavy (non-hydrogen) atoms. The first-order chi connectivity index (χ1) is 6.72. The van der Waals surface area contributed by atoms with Crippen LogP contribution in [0.15, 0.2) is 0 Å². The summed E-state index contributed by atoms with van der Waals surface area (Å²) in [5, 5.41) is 1.05. The Morgan fingerprint density at radius 3 is 2.64 bits per heavy atom. The average molecular weight is 266 g/mol. The third-order valence-electron chi connectivity index (χ3n) is 1.98. The first-order valence-electron chi connectivity index (χ1n) is 5.10. The highest BCUT2D eigenvalue weighted by atomic mass is 79.9. The molecule has 0 N–H and O–H groups in total. The van der Waals surface area contributed by atoms with Gasteiger partial charge in [-0.1, -0.05) is 22.4 Å². The fourth-order valence-corrected chi connectivity index (χ4v) is 1.44. The van der Waals surface area contributed by atoms with Gasteiger partial charge in [0.05, 0.1) is 0 Å². The standard InChI is InChI=1S/C10H20BrNO2/c1-3-14-9-10(13)12(2)8-6-4-5-7-11/h3-9H2,1-2H3. The molecule has 0 aromatic rings. The lowest BCUT2D eigenvalue weighted by Gasteiger charge is -2.16. The second kappa shape index (κ2) is 9.46. The summed E-state index contributed by atoms with van der Waals surface area (Å²) in [6, 6.07) is 0.